The molecule has 0 fully saturated rings. The summed E-state index contributed by atoms with van der Waals surface area (Å²) in [7, 11) is -15.6. The van der Waals surface area contributed by atoms with E-state index in [2.05, 4.69) is 33.0 Å². The van der Waals surface area contributed by atoms with Gasteiger partial charge in [0.15, 0.2) is 11.4 Å². The van der Waals surface area contributed by atoms with Crippen LogP contribution in [0.1, 0.15) is 102 Å². The third-order valence-corrected chi connectivity index (χ3v) is 17.5. The monoisotopic (exact) mass is 1130 g/mol. The minimum atomic E-state index is -4.33. The number of rotatable bonds is 16. The topological polar surface area (TPSA) is 347 Å². The summed E-state index contributed by atoms with van der Waals surface area (Å²) in [5, 5.41) is 28.1. The van der Waals surface area contributed by atoms with Crippen LogP contribution in [0.5, 0.6) is 11.5 Å². The highest BCUT2D eigenvalue weighted by atomic mass is 32.2. The van der Waals surface area contributed by atoms with Crippen LogP contribution in [0.4, 0.5) is 22.7 Å². The number of aromatic hydroxyl groups is 2. The zero-order valence-electron chi connectivity index (χ0n) is 43.4. The minimum Gasteiger partial charge on any atom is -0.507 e. The van der Waals surface area contributed by atoms with Crippen LogP contribution in [0, 0.1) is 11.8 Å². The average Bonchev–Trinajstić information content (AvgIpc) is 3.32. The smallest absolute Gasteiger partial charge is 0.347 e. The second-order valence-electron chi connectivity index (χ2n) is 19.0. The number of nitrogens with zero attached hydrogens (tertiary/aromatic N) is 3. The van der Waals surface area contributed by atoms with Crippen molar-refractivity contribution in [2.24, 2.45) is 21.4 Å². The summed E-state index contributed by atoms with van der Waals surface area (Å²) in [4.78, 5) is 37.3. The number of ether oxygens (including phenoxy) is 1. The second kappa shape index (κ2) is 23.9. The third kappa shape index (κ3) is 13.9. The van der Waals surface area contributed by atoms with E-state index in [0.29, 0.717) is 46.8 Å². The molecule has 412 valence electrons. The molecule has 0 saturated carbocycles. The number of carbonyl (C=O) groups is 1. The molecular weight excluding hydrogens is 1060 g/mol. The molecule has 0 saturated heterocycles. The Labute approximate surface area is 442 Å². The quantitative estimate of drug-likeness (QED) is 0.0422. The number of nitrogens with one attached hydrogen (secondary N) is 3. The van der Waals surface area contributed by atoms with E-state index in [1.807, 2.05) is 13.8 Å². The number of benzene rings is 2. The van der Waals surface area contributed by atoms with Crippen molar-refractivity contribution in [2.45, 2.75) is 108 Å². The zero-order chi connectivity index (χ0) is 56.8. The van der Waals surface area contributed by atoms with Crippen LogP contribution in [0.2, 0.25) is 0 Å². The van der Waals surface area contributed by atoms with Gasteiger partial charge in [0, 0.05) is 34.9 Å². The van der Waals surface area contributed by atoms with Crippen molar-refractivity contribution in [3.05, 3.63) is 128 Å². The summed E-state index contributed by atoms with van der Waals surface area (Å²) < 4.78 is 112. The maximum absolute atomic E-state index is 13.3. The van der Waals surface area contributed by atoms with E-state index in [1.165, 1.54) is 66.8 Å². The number of sulfonamides is 4. The van der Waals surface area contributed by atoms with Crippen molar-refractivity contribution in [2.75, 3.05) is 27.1 Å². The van der Waals surface area contributed by atoms with Crippen molar-refractivity contribution in [3.8, 4) is 11.5 Å². The predicted octanol–water partition coefficient (Wildman–Crippen LogP) is 6.14. The molecule has 0 atom stereocenters. The molecule has 22 nitrogen and oxygen atoms in total. The molecule has 4 aromatic heterocycles. The van der Waals surface area contributed by atoms with Crippen LogP contribution in [0.25, 0.3) is 11.0 Å². The predicted molar refractivity (Wildman–Crippen MR) is 294 cm³/mol. The highest BCUT2D eigenvalue weighted by Crippen LogP contribution is 2.35. The molecule has 0 amide bonds. The Bertz CT molecular complexity index is 3800. The van der Waals surface area contributed by atoms with E-state index >= 15 is 0 Å². The number of hydrogen-bond acceptors (Lipinski definition) is 16. The molecule has 0 spiro atoms. The summed E-state index contributed by atoms with van der Waals surface area (Å²) in [6.07, 6.45) is 5.80. The van der Waals surface area contributed by atoms with Crippen LogP contribution in [-0.2, 0) is 57.7 Å². The molecule has 1 aliphatic heterocycles. The number of nitrogens with two attached hydrogens (primary N) is 2. The normalized spacial score (nSPS) is 13.3. The third-order valence-electron chi connectivity index (χ3n) is 11.7. The van der Waals surface area contributed by atoms with Gasteiger partial charge >= 0.3 is 5.97 Å². The molecule has 9 N–H and O–H groups in total. The second-order valence-corrected chi connectivity index (χ2v) is 26.5. The van der Waals surface area contributed by atoms with E-state index in [4.69, 9.17) is 15.6 Å². The molecule has 1 aliphatic rings. The maximum Gasteiger partial charge on any atom is 0.347 e. The van der Waals surface area contributed by atoms with E-state index in [9.17, 15) is 58.3 Å². The molecule has 0 bridgehead atoms. The van der Waals surface area contributed by atoms with Gasteiger partial charge in [-0.15, -0.1) is 4.40 Å². The van der Waals surface area contributed by atoms with Gasteiger partial charge in [0.2, 0.25) is 30.1 Å². The Balaban J connectivity index is 0.000000228. The number of fused-ring (bicyclic) bond motifs is 3. The Morgan fingerprint density at radius 3 is 1.70 bits per heavy atom. The van der Waals surface area contributed by atoms with Gasteiger partial charge in [-0.2, -0.15) is 8.42 Å². The number of anilines is 4. The summed E-state index contributed by atoms with van der Waals surface area (Å²) in [6, 6.07) is 18.1. The van der Waals surface area contributed by atoms with Crippen molar-refractivity contribution in [1.29, 1.82) is 0 Å². The lowest BCUT2D eigenvalue weighted by molar-refractivity contribution is 0.0520. The molecular formula is C50H64N8O14S4. The number of primary sulfonamides is 1. The number of esters is 1. The fraction of sp³-hybridized carbons (Fsp3) is 0.360. The largest absolute Gasteiger partial charge is 0.507 e. The highest BCUT2D eigenvalue weighted by molar-refractivity contribution is 7.93. The van der Waals surface area contributed by atoms with Crippen molar-refractivity contribution >= 4 is 85.7 Å². The van der Waals surface area contributed by atoms with Gasteiger partial charge in [-0.25, -0.2) is 35.2 Å². The summed E-state index contributed by atoms with van der Waals surface area (Å²) in [6.45, 7) is 16.1. The van der Waals surface area contributed by atoms with E-state index < -0.39 is 67.7 Å². The van der Waals surface area contributed by atoms with E-state index in [1.54, 1.807) is 55.7 Å². The van der Waals surface area contributed by atoms with E-state index in [-0.39, 0.29) is 67.6 Å². The molecule has 76 heavy (non-hydrogen) atoms. The van der Waals surface area contributed by atoms with Crippen LogP contribution in [0.3, 0.4) is 0 Å². The first-order valence-electron chi connectivity index (χ1n) is 23.9. The summed E-state index contributed by atoms with van der Waals surface area (Å²) >= 11 is 0. The fourth-order valence-electron chi connectivity index (χ4n) is 7.42. The maximum atomic E-state index is 13.3. The van der Waals surface area contributed by atoms with Crippen molar-refractivity contribution in [3.63, 3.8) is 0 Å². The summed E-state index contributed by atoms with van der Waals surface area (Å²) in [5.74, 6) is -0.878. The van der Waals surface area contributed by atoms with Gasteiger partial charge in [-0.05, 0) is 133 Å². The lowest BCUT2D eigenvalue weighted by Crippen LogP contribution is -2.31. The number of aryl methyl sites for hydroxylation is 2. The SMILES string of the molecule is CC(C)CCc1c(O)c(C2=NS(=O)(=O)c3cc(NS(=O)(=O)C(C)C)ccc3N2)c(=O)n2ccccc12.CC(C)S(=O)(=O)Nc1ccc(N)c(S(N)(=O)=O)c1.CCOC(=O)c1c(O)c(CCC(C)C)c2ccccn2c1=O. The molecule has 0 aliphatic carbocycles. The number of aromatic nitrogens is 2. The van der Waals surface area contributed by atoms with E-state index in [0.717, 1.165) is 18.9 Å². The molecule has 6 aromatic rings. The molecule has 0 unspecified atom stereocenters. The standard InChI is InChI=1S/C24H28N4O6S2.C17H21NO4.C9H15N3O4S2/c1-14(2)8-10-17-19-7-5-6-12-28(19)24(30)21(22(17)29)23-25-18-11-9-16(26-35(31,32)15(3)4)13-20(18)36(33,34)27-23;1-4-22-17(21)14-15(19)12(9-8-11(2)3)13-7-5-6-10-18(13)16(14)20;1-6(2)18(15,16)12-7-3-4-8(10)9(5-7)17(11,13)14/h5-7,9,11-15,26,29H,8,10H2,1-4H3,(H,25,27);5-7,10-11,19H,4,8-9H2,1-3H3;3-6,12H,10H2,1-2H3,(H2,11,13,14). The van der Waals surface area contributed by atoms with Gasteiger partial charge in [0.05, 0.1) is 39.5 Å². The van der Waals surface area contributed by atoms with Gasteiger partial charge < -0.3 is 26.0 Å². The lowest BCUT2D eigenvalue weighted by atomic mass is 9.99. The van der Waals surface area contributed by atoms with Crippen molar-refractivity contribution < 1.29 is 53.4 Å². The van der Waals surface area contributed by atoms with Gasteiger partial charge in [0.25, 0.3) is 21.1 Å². The first-order chi connectivity index (χ1) is 35.3. The number of amidine groups is 1. The molecule has 0 radical (unpaired) electrons. The Kier molecular flexibility index (Phi) is 18.8. The number of nitrogen functional groups attached to an aromatic ring is 1. The number of pyridine rings is 4. The van der Waals surface area contributed by atoms with Crippen LogP contribution in [0.15, 0.2) is 109 Å². The Morgan fingerprint density at radius 1 is 0.724 bits per heavy atom. The Hall–Kier alpha value is -7.00. The fourth-order valence-corrected chi connectivity index (χ4v) is 10.6. The zero-order valence-corrected chi connectivity index (χ0v) is 46.6. The lowest BCUT2D eigenvalue weighted by Gasteiger charge is -2.21. The average molecular weight is 1130 g/mol. The Morgan fingerprint density at radius 2 is 1.21 bits per heavy atom. The van der Waals surface area contributed by atoms with Gasteiger partial charge in [-0.3, -0.25) is 27.8 Å². The van der Waals surface area contributed by atoms with Crippen LogP contribution >= 0.6 is 0 Å². The minimum absolute atomic E-state index is 0.0370. The first kappa shape index (κ1) is 59.9. The molecule has 2 aromatic carbocycles. The first-order valence-corrected chi connectivity index (χ1v) is 30.0. The van der Waals surface area contributed by atoms with Gasteiger partial charge in [0.1, 0.15) is 26.9 Å². The molecule has 26 heteroatoms. The van der Waals surface area contributed by atoms with Gasteiger partial charge in [-0.1, -0.05) is 39.8 Å². The van der Waals surface area contributed by atoms with Crippen molar-refractivity contribution in [1.82, 2.24) is 8.80 Å². The van der Waals surface area contributed by atoms with Crippen LogP contribution in [-0.4, -0.2) is 81.6 Å². The van der Waals surface area contributed by atoms with Crippen LogP contribution < -0.4 is 36.8 Å². The number of hydrogen-bond donors (Lipinski definition) is 7. The summed E-state index contributed by atoms with van der Waals surface area (Å²) in [5.41, 5.74) is 6.26. The number of carbonyl (C=O) groups excluding carboxylic acids is 1. The molecule has 7 rings (SSSR count). The molecule has 5 heterocycles. The highest BCUT2D eigenvalue weighted by Gasteiger charge is 2.31.